The number of carbonyl (C=O) groups excluding carboxylic acids is 2. The number of ether oxygens (including phenoxy) is 1. The Balaban J connectivity index is 1.56. The monoisotopic (exact) mass is 521 g/mol. The number of hydrogen-bond donors (Lipinski definition) is 1. The van der Waals surface area contributed by atoms with Crippen LogP contribution in [0, 0.1) is 6.92 Å². The molecule has 0 spiro atoms. The van der Waals surface area contributed by atoms with Gasteiger partial charge in [-0.1, -0.05) is 42.0 Å². The summed E-state index contributed by atoms with van der Waals surface area (Å²) in [4.78, 5) is 27.0. The van der Waals surface area contributed by atoms with Gasteiger partial charge in [0.05, 0.1) is 17.2 Å². The van der Waals surface area contributed by atoms with Crippen molar-refractivity contribution in [1.29, 1.82) is 0 Å². The number of rotatable bonds is 10. The molecule has 1 aliphatic heterocycles. The molecule has 194 valence electrons. The summed E-state index contributed by atoms with van der Waals surface area (Å²) in [7, 11) is -4.07. The van der Waals surface area contributed by atoms with E-state index in [0.717, 1.165) is 27.5 Å². The summed E-state index contributed by atoms with van der Waals surface area (Å²) in [5.41, 5.74) is 2.82. The second-order valence-electron chi connectivity index (χ2n) is 8.82. The zero-order chi connectivity index (χ0) is 26.4. The predicted octanol–water partition coefficient (Wildman–Crippen LogP) is 4.03. The second kappa shape index (κ2) is 11.5. The Hall–Kier alpha value is -3.85. The molecule has 1 saturated heterocycles. The topological polar surface area (TPSA) is 96.0 Å². The molecule has 1 heterocycles. The van der Waals surface area contributed by atoms with Gasteiger partial charge in [0.15, 0.2) is 0 Å². The minimum Gasteiger partial charge on any atom is -0.492 e. The summed E-state index contributed by atoms with van der Waals surface area (Å²) in [6, 6.07) is 20.7. The van der Waals surface area contributed by atoms with Crippen molar-refractivity contribution in [3.05, 3.63) is 83.9 Å². The van der Waals surface area contributed by atoms with E-state index < -0.39 is 22.5 Å². The van der Waals surface area contributed by atoms with Crippen molar-refractivity contribution in [2.75, 3.05) is 28.9 Å². The minimum atomic E-state index is -4.07. The Bertz CT molecular complexity index is 1370. The summed E-state index contributed by atoms with van der Waals surface area (Å²) >= 11 is 0. The third kappa shape index (κ3) is 6.11. The third-order valence-electron chi connectivity index (χ3n) is 6.12. The summed E-state index contributed by atoms with van der Waals surface area (Å²) in [6.07, 6.45) is 1.36. The van der Waals surface area contributed by atoms with E-state index in [1.165, 1.54) is 12.1 Å². The predicted molar refractivity (Wildman–Crippen MR) is 143 cm³/mol. The highest BCUT2D eigenvalue weighted by Gasteiger charge is 2.29. The fourth-order valence-electron chi connectivity index (χ4n) is 4.22. The van der Waals surface area contributed by atoms with Gasteiger partial charge in [-0.2, -0.15) is 0 Å². The summed E-state index contributed by atoms with van der Waals surface area (Å²) in [5.74, 6) is -0.00721. The highest BCUT2D eigenvalue weighted by atomic mass is 32.2. The van der Waals surface area contributed by atoms with E-state index in [2.05, 4.69) is 5.32 Å². The molecule has 3 aromatic rings. The lowest BCUT2D eigenvalue weighted by Gasteiger charge is -2.26. The Morgan fingerprint density at radius 2 is 1.81 bits per heavy atom. The van der Waals surface area contributed by atoms with Gasteiger partial charge in [-0.05, 0) is 62.2 Å². The zero-order valence-corrected chi connectivity index (χ0v) is 21.8. The number of hydrogen-bond acceptors (Lipinski definition) is 5. The fourth-order valence-corrected chi connectivity index (χ4v) is 5.65. The van der Waals surface area contributed by atoms with E-state index in [1.54, 1.807) is 41.3 Å². The third-order valence-corrected chi connectivity index (χ3v) is 7.89. The normalized spacial score (nSPS) is 13.5. The van der Waals surface area contributed by atoms with Crippen molar-refractivity contribution in [1.82, 2.24) is 5.32 Å². The molecule has 1 aliphatic rings. The van der Waals surface area contributed by atoms with E-state index >= 15 is 0 Å². The first-order chi connectivity index (χ1) is 17.8. The van der Waals surface area contributed by atoms with Crippen LogP contribution >= 0.6 is 0 Å². The molecule has 0 aromatic heterocycles. The van der Waals surface area contributed by atoms with Gasteiger partial charge in [-0.15, -0.1) is 0 Å². The molecule has 0 aliphatic carbocycles. The number of amides is 2. The number of anilines is 2. The Morgan fingerprint density at radius 3 is 2.51 bits per heavy atom. The highest BCUT2D eigenvalue weighted by Crippen LogP contribution is 2.32. The Labute approximate surface area is 217 Å². The smallest absolute Gasteiger partial charge is 0.264 e. The van der Waals surface area contributed by atoms with Crippen LogP contribution in [0.1, 0.15) is 30.9 Å². The molecule has 0 bridgehead atoms. The van der Waals surface area contributed by atoms with E-state index in [9.17, 15) is 18.0 Å². The molecule has 1 fully saturated rings. The van der Waals surface area contributed by atoms with Crippen molar-refractivity contribution < 1.29 is 22.7 Å². The van der Waals surface area contributed by atoms with E-state index in [4.69, 9.17) is 4.74 Å². The van der Waals surface area contributed by atoms with Crippen molar-refractivity contribution >= 4 is 33.2 Å². The zero-order valence-electron chi connectivity index (χ0n) is 21.0. The SMILES string of the molecule is CCOc1ccccc1N(CC(=O)NCc1cccc(N2CCCC2=O)c1)S(=O)(=O)c1ccc(C)cc1. The lowest BCUT2D eigenvalue weighted by Crippen LogP contribution is -2.41. The van der Waals surface area contributed by atoms with Crippen LogP contribution in [0.3, 0.4) is 0 Å². The first kappa shape index (κ1) is 26.2. The first-order valence-electron chi connectivity index (χ1n) is 12.3. The number of para-hydroxylation sites is 2. The lowest BCUT2D eigenvalue weighted by molar-refractivity contribution is -0.120. The molecule has 0 atom stereocenters. The molecule has 0 unspecified atom stereocenters. The summed E-state index contributed by atoms with van der Waals surface area (Å²) in [5, 5.41) is 2.82. The van der Waals surface area contributed by atoms with Gasteiger partial charge >= 0.3 is 0 Å². The average Bonchev–Trinajstić information content (AvgIpc) is 3.33. The fraction of sp³-hybridized carbons (Fsp3) is 0.286. The van der Waals surface area contributed by atoms with Crippen LogP contribution in [-0.4, -0.2) is 39.9 Å². The molecule has 4 rings (SSSR count). The quantitative estimate of drug-likeness (QED) is 0.435. The largest absolute Gasteiger partial charge is 0.492 e. The highest BCUT2D eigenvalue weighted by molar-refractivity contribution is 7.92. The van der Waals surface area contributed by atoms with E-state index in [-0.39, 0.29) is 23.0 Å². The number of nitrogens with one attached hydrogen (secondary N) is 1. The first-order valence-corrected chi connectivity index (χ1v) is 13.7. The summed E-state index contributed by atoms with van der Waals surface area (Å²) in [6.45, 7) is 4.48. The van der Waals surface area contributed by atoms with Crippen molar-refractivity contribution in [3.63, 3.8) is 0 Å². The van der Waals surface area contributed by atoms with Crippen LogP contribution in [0.4, 0.5) is 11.4 Å². The molecule has 37 heavy (non-hydrogen) atoms. The minimum absolute atomic E-state index is 0.0835. The van der Waals surface area contributed by atoms with Gasteiger partial charge in [0.1, 0.15) is 12.3 Å². The Kier molecular flexibility index (Phi) is 8.13. The number of carbonyl (C=O) groups is 2. The van der Waals surface area contributed by atoms with Gasteiger partial charge in [0, 0.05) is 25.2 Å². The van der Waals surface area contributed by atoms with Crippen molar-refractivity contribution in [3.8, 4) is 5.75 Å². The number of aryl methyl sites for hydroxylation is 1. The van der Waals surface area contributed by atoms with Crippen LogP contribution in [0.15, 0.2) is 77.7 Å². The average molecular weight is 522 g/mol. The van der Waals surface area contributed by atoms with Gasteiger partial charge in [0.25, 0.3) is 10.0 Å². The molecule has 2 amide bonds. The Morgan fingerprint density at radius 1 is 1.05 bits per heavy atom. The number of nitrogens with zero attached hydrogens (tertiary/aromatic N) is 2. The molecular formula is C28H31N3O5S. The van der Waals surface area contributed by atoms with Crippen LogP contribution in [0.25, 0.3) is 0 Å². The van der Waals surface area contributed by atoms with Crippen molar-refractivity contribution in [2.24, 2.45) is 0 Å². The molecule has 0 radical (unpaired) electrons. The van der Waals surface area contributed by atoms with Crippen LogP contribution in [0.5, 0.6) is 5.75 Å². The van der Waals surface area contributed by atoms with Gasteiger partial charge in [-0.3, -0.25) is 13.9 Å². The maximum absolute atomic E-state index is 13.7. The van der Waals surface area contributed by atoms with Gasteiger partial charge < -0.3 is 15.0 Å². The molecule has 1 N–H and O–H groups in total. The number of sulfonamides is 1. The standard InChI is InChI=1S/C28H31N3O5S/c1-3-36-26-11-5-4-10-25(26)31(37(34,35)24-15-13-21(2)14-16-24)20-27(32)29-19-22-8-6-9-23(18-22)30-17-7-12-28(30)33/h4-6,8-11,13-16,18H,3,7,12,17,19-20H2,1-2H3,(H,29,32). The van der Waals surface area contributed by atoms with Crippen LogP contribution in [-0.2, 0) is 26.2 Å². The summed E-state index contributed by atoms with van der Waals surface area (Å²) < 4.78 is 34.1. The van der Waals surface area contributed by atoms with Crippen LogP contribution in [0.2, 0.25) is 0 Å². The molecule has 8 nitrogen and oxygen atoms in total. The van der Waals surface area contributed by atoms with Gasteiger partial charge in [-0.25, -0.2) is 8.42 Å². The molecule has 9 heteroatoms. The maximum Gasteiger partial charge on any atom is 0.264 e. The van der Waals surface area contributed by atoms with E-state index in [0.29, 0.717) is 25.3 Å². The lowest BCUT2D eigenvalue weighted by atomic mass is 10.2. The van der Waals surface area contributed by atoms with Crippen LogP contribution < -0.4 is 19.3 Å². The molecule has 0 saturated carbocycles. The number of benzene rings is 3. The van der Waals surface area contributed by atoms with E-state index in [1.807, 2.05) is 38.1 Å². The second-order valence-corrected chi connectivity index (χ2v) is 10.7. The molecule has 3 aromatic carbocycles. The van der Waals surface area contributed by atoms with Gasteiger partial charge in [0.2, 0.25) is 11.8 Å². The molecular weight excluding hydrogens is 490 g/mol. The van der Waals surface area contributed by atoms with Crippen molar-refractivity contribution in [2.45, 2.75) is 38.1 Å². The maximum atomic E-state index is 13.7.